The summed E-state index contributed by atoms with van der Waals surface area (Å²) >= 11 is 0. The van der Waals surface area contributed by atoms with Crippen LogP contribution in [0.15, 0.2) is 50.4 Å². The number of aromatic nitrogens is 2. The predicted octanol–water partition coefficient (Wildman–Crippen LogP) is 3.22. The number of hydrogen-bond acceptors (Lipinski definition) is 7. The van der Waals surface area contributed by atoms with Gasteiger partial charge in [0.15, 0.2) is 5.76 Å². The van der Waals surface area contributed by atoms with Gasteiger partial charge in [-0.2, -0.15) is 4.98 Å². The first kappa shape index (κ1) is 17.7. The van der Waals surface area contributed by atoms with Gasteiger partial charge in [0.2, 0.25) is 10.9 Å². The Morgan fingerprint density at radius 3 is 2.70 bits per heavy atom. The molecule has 4 rings (SSSR count). The molecule has 8 nitrogen and oxygen atoms in total. The number of para-hydroxylation sites is 1. The predicted molar refractivity (Wildman–Crippen MR) is 96.5 cm³/mol. The zero-order valence-electron chi connectivity index (χ0n) is 14.9. The normalized spacial score (nSPS) is 14.6. The van der Waals surface area contributed by atoms with Crippen LogP contribution in [0, 0.1) is 0 Å². The smallest absolute Gasteiger partial charge is 0.294 e. The van der Waals surface area contributed by atoms with Gasteiger partial charge in [-0.05, 0) is 51.0 Å². The van der Waals surface area contributed by atoms with E-state index in [1.807, 2.05) is 38.1 Å². The van der Waals surface area contributed by atoms with Crippen molar-refractivity contribution in [1.82, 2.24) is 14.9 Å². The molecule has 3 aromatic rings. The van der Waals surface area contributed by atoms with Crippen LogP contribution in [0.2, 0.25) is 0 Å². The van der Waals surface area contributed by atoms with Crippen LogP contribution in [0.25, 0.3) is 23.0 Å². The lowest BCUT2D eigenvalue weighted by Crippen LogP contribution is -2.25. The summed E-state index contributed by atoms with van der Waals surface area (Å²) < 4.78 is 43.5. The molecule has 0 saturated heterocycles. The Kier molecular flexibility index (Phi) is 4.48. The second-order valence-electron chi connectivity index (χ2n) is 6.60. The second kappa shape index (κ2) is 6.82. The Labute approximate surface area is 156 Å². The molecule has 0 atom stereocenters. The molecule has 0 unspecified atom stereocenters. The first-order chi connectivity index (χ1) is 12.9. The number of hydrogen-bond donors (Lipinski definition) is 1. The van der Waals surface area contributed by atoms with Gasteiger partial charge >= 0.3 is 0 Å². The fourth-order valence-electron chi connectivity index (χ4n) is 2.50. The van der Waals surface area contributed by atoms with Crippen LogP contribution < -0.4 is 9.46 Å². The van der Waals surface area contributed by atoms with Gasteiger partial charge in [-0.3, -0.25) is 0 Å². The Balaban J connectivity index is 1.61. The van der Waals surface area contributed by atoms with E-state index in [9.17, 15) is 8.42 Å². The van der Waals surface area contributed by atoms with Crippen molar-refractivity contribution in [2.24, 2.45) is 0 Å². The average Bonchev–Trinajstić information content (AvgIpc) is 3.12. The van der Waals surface area contributed by atoms with Crippen LogP contribution in [0.3, 0.4) is 0 Å². The van der Waals surface area contributed by atoms with Crippen molar-refractivity contribution in [3.63, 3.8) is 0 Å². The van der Waals surface area contributed by atoms with Crippen molar-refractivity contribution in [2.75, 3.05) is 0 Å². The highest BCUT2D eigenvalue weighted by atomic mass is 32.2. The maximum Gasteiger partial charge on any atom is 0.294 e. The quantitative estimate of drug-likeness (QED) is 0.661. The molecule has 2 heterocycles. The van der Waals surface area contributed by atoms with Gasteiger partial charge in [0.1, 0.15) is 5.75 Å². The summed E-state index contributed by atoms with van der Waals surface area (Å²) in [5.74, 6) is 1.25. The van der Waals surface area contributed by atoms with E-state index in [-0.39, 0.29) is 28.9 Å². The Hall–Kier alpha value is -2.65. The van der Waals surface area contributed by atoms with Crippen LogP contribution in [-0.4, -0.2) is 30.7 Å². The average molecular weight is 389 g/mol. The molecule has 1 N–H and O–H groups in total. The lowest BCUT2D eigenvalue weighted by atomic mass is 10.2. The van der Waals surface area contributed by atoms with Crippen molar-refractivity contribution < 1.29 is 22.1 Å². The molecular formula is C18H19N3O5S. The number of furan rings is 1. The zero-order valence-corrected chi connectivity index (χ0v) is 15.7. The van der Waals surface area contributed by atoms with E-state index < -0.39 is 10.0 Å². The number of rotatable bonds is 7. The molecule has 9 heteroatoms. The van der Waals surface area contributed by atoms with Crippen LogP contribution in [0.4, 0.5) is 0 Å². The summed E-state index contributed by atoms with van der Waals surface area (Å²) in [7, 11) is -3.68. The summed E-state index contributed by atoms with van der Waals surface area (Å²) in [4.78, 5) is 4.32. The molecule has 1 fully saturated rings. The summed E-state index contributed by atoms with van der Waals surface area (Å²) in [5, 5.41) is 3.80. The van der Waals surface area contributed by atoms with Gasteiger partial charge in [0, 0.05) is 6.04 Å². The van der Waals surface area contributed by atoms with E-state index >= 15 is 0 Å². The van der Waals surface area contributed by atoms with Gasteiger partial charge in [0.25, 0.3) is 15.9 Å². The molecule has 27 heavy (non-hydrogen) atoms. The topological polar surface area (TPSA) is 107 Å². The van der Waals surface area contributed by atoms with E-state index in [0.717, 1.165) is 12.8 Å². The van der Waals surface area contributed by atoms with Crippen molar-refractivity contribution in [2.45, 2.75) is 43.9 Å². The first-order valence-electron chi connectivity index (χ1n) is 8.65. The molecule has 0 bridgehead atoms. The van der Waals surface area contributed by atoms with E-state index in [2.05, 4.69) is 14.9 Å². The molecule has 2 aromatic heterocycles. The standard InChI is InChI=1S/C18H19N3O5S/c1-11(2)24-14-6-4-3-5-13(14)17-19-18(26-20-17)15-9-10-16(25-15)27(22,23)21-12-7-8-12/h3-6,9-12,21H,7-8H2,1-2H3. The number of ether oxygens (including phenoxy) is 1. The van der Waals surface area contributed by atoms with Crippen LogP contribution in [-0.2, 0) is 10.0 Å². The summed E-state index contributed by atoms with van der Waals surface area (Å²) in [6, 6.07) is 10.2. The van der Waals surface area contributed by atoms with Crippen LogP contribution >= 0.6 is 0 Å². The molecule has 0 aliphatic heterocycles. The van der Waals surface area contributed by atoms with E-state index in [1.165, 1.54) is 12.1 Å². The summed E-state index contributed by atoms with van der Waals surface area (Å²) in [6.07, 6.45) is 1.68. The zero-order chi connectivity index (χ0) is 19.0. The largest absolute Gasteiger partial charge is 0.490 e. The molecule has 0 radical (unpaired) electrons. The third-order valence-electron chi connectivity index (χ3n) is 3.87. The second-order valence-corrected chi connectivity index (χ2v) is 8.25. The number of sulfonamides is 1. The minimum atomic E-state index is -3.68. The molecule has 1 aromatic carbocycles. The number of benzene rings is 1. The first-order valence-corrected chi connectivity index (χ1v) is 10.1. The fraction of sp³-hybridized carbons (Fsp3) is 0.333. The molecular weight excluding hydrogens is 370 g/mol. The Bertz CT molecular complexity index is 1050. The fourth-order valence-corrected chi connectivity index (χ4v) is 3.74. The molecule has 0 amide bonds. The third kappa shape index (κ3) is 3.88. The summed E-state index contributed by atoms with van der Waals surface area (Å²) in [5.41, 5.74) is 0.677. The van der Waals surface area contributed by atoms with E-state index in [4.69, 9.17) is 13.7 Å². The number of nitrogens with one attached hydrogen (secondary N) is 1. The third-order valence-corrected chi connectivity index (χ3v) is 5.27. The highest BCUT2D eigenvalue weighted by molar-refractivity contribution is 7.89. The Morgan fingerprint density at radius 1 is 1.19 bits per heavy atom. The van der Waals surface area contributed by atoms with Crippen molar-refractivity contribution in [3.05, 3.63) is 36.4 Å². The van der Waals surface area contributed by atoms with Gasteiger partial charge in [-0.15, -0.1) is 0 Å². The molecule has 1 aliphatic carbocycles. The molecule has 0 spiro atoms. The highest BCUT2D eigenvalue weighted by Crippen LogP contribution is 2.31. The van der Waals surface area contributed by atoms with Gasteiger partial charge < -0.3 is 13.7 Å². The van der Waals surface area contributed by atoms with E-state index in [0.29, 0.717) is 17.1 Å². The van der Waals surface area contributed by atoms with Gasteiger partial charge in [-0.25, -0.2) is 13.1 Å². The van der Waals surface area contributed by atoms with E-state index in [1.54, 1.807) is 0 Å². The van der Waals surface area contributed by atoms with Crippen molar-refractivity contribution in [1.29, 1.82) is 0 Å². The van der Waals surface area contributed by atoms with Gasteiger partial charge in [0.05, 0.1) is 11.7 Å². The lowest BCUT2D eigenvalue weighted by molar-refractivity contribution is 0.243. The van der Waals surface area contributed by atoms with Crippen molar-refractivity contribution in [3.8, 4) is 28.8 Å². The highest BCUT2D eigenvalue weighted by Gasteiger charge is 2.30. The van der Waals surface area contributed by atoms with Crippen molar-refractivity contribution >= 4 is 10.0 Å². The summed E-state index contributed by atoms with van der Waals surface area (Å²) in [6.45, 7) is 3.86. The lowest BCUT2D eigenvalue weighted by Gasteiger charge is -2.11. The minimum absolute atomic E-state index is 0.00369. The van der Waals surface area contributed by atoms with Crippen LogP contribution in [0.1, 0.15) is 26.7 Å². The number of nitrogens with zero attached hydrogens (tertiary/aromatic N) is 2. The Morgan fingerprint density at radius 2 is 1.96 bits per heavy atom. The van der Waals surface area contributed by atoms with Gasteiger partial charge in [-0.1, -0.05) is 17.3 Å². The maximum atomic E-state index is 12.2. The van der Waals surface area contributed by atoms with Crippen LogP contribution in [0.5, 0.6) is 5.75 Å². The SMILES string of the molecule is CC(C)Oc1ccccc1-c1noc(-c2ccc(S(=O)(=O)NC3CC3)o2)n1. The minimum Gasteiger partial charge on any atom is -0.490 e. The monoisotopic (exact) mass is 389 g/mol. The molecule has 1 saturated carbocycles. The maximum absolute atomic E-state index is 12.2. The molecule has 142 valence electrons. The molecule has 1 aliphatic rings.